The SMILES string of the molecule is N#CC1(C#N)CC=C(C2CC(=O)N2)CC1(C#N)C#N. The summed E-state index contributed by atoms with van der Waals surface area (Å²) in [4.78, 5) is 10.9. The summed E-state index contributed by atoms with van der Waals surface area (Å²) >= 11 is 0. The minimum Gasteiger partial charge on any atom is -0.349 e. The smallest absolute Gasteiger partial charge is 0.222 e. The molecule has 2 aliphatic rings. The van der Waals surface area contributed by atoms with Crippen molar-refractivity contribution >= 4 is 5.91 Å². The number of allylic oxidation sites excluding steroid dienone is 1. The maximum atomic E-state index is 10.9. The van der Waals surface area contributed by atoms with Gasteiger partial charge in [0, 0.05) is 12.8 Å². The molecule has 0 saturated carbocycles. The van der Waals surface area contributed by atoms with Crippen LogP contribution in [0.4, 0.5) is 0 Å². The van der Waals surface area contributed by atoms with Crippen LogP contribution in [0.15, 0.2) is 11.6 Å². The molecule has 19 heavy (non-hydrogen) atoms. The molecule has 0 aromatic heterocycles. The Labute approximate surface area is 110 Å². The third-order valence-corrected chi connectivity index (χ3v) is 3.80. The first-order chi connectivity index (χ1) is 9.06. The van der Waals surface area contributed by atoms with Crippen molar-refractivity contribution in [2.75, 3.05) is 0 Å². The van der Waals surface area contributed by atoms with Gasteiger partial charge in [0.2, 0.25) is 5.91 Å². The molecule has 1 amide bonds. The quantitative estimate of drug-likeness (QED) is 0.541. The molecular weight excluding hydrogens is 242 g/mol. The number of hydrogen-bond donors (Lipinski definition) is 1. The first-order valence-corrected chi connectivity index (χ1v) is 5.70. The molecule has 1 unspecified atom stereocenters. The highest BCUT2D eigenvalue weighted by Crippen LogP contribution is 2.50. The van der Waals surface area contributed by atoms with E-state index in [1.807, 2.05) is 24.3 Å². The van der Waals surface area contributed by atoms with Crippen molar-refractivity contribution in [1.29, 1.82) is 21.0 Å². The van der Waals surface area contributed by atoms with Crippen LogP contribution in [0.2, 0.25) is 0 Å². The average Bonchev–Trinajstić information content (AvgIpc) is 2.43. The monoisotopic (exact) mass is 251 g/mol. The zero-order valence-electron chi connectivity index (χ0n) is 9.97. The standard InChI is InChI=1S/C13H9N5O/c14-5-12(6-15)2-1-9(10-3-11(19)18-10)4-13(12,7-16)8-17/h1,10H,2-4H2,(H,18,19). The number of nitriles is 4. The molecule has 0 bridgehead atoms. The van der Waals surface area contributed by atoms with Crippen molar-refractivity contribution in [1.82, 2.24) is 5.32 Å². The third-order valence-electron chi connectivity index (χ3n) is 3.80. The van der Waals surface area contributed by atoms with Crippen molar-refractivity contribution in [2.24, 2.45) is 10.8 Å². The van der Waals surface area contributed by atoms with Gasteiger partial charge in [0.15, 0.2) is 10.8 Å². The Bertz CT molecular complexity index is 598. The Morgan fingerprint density at radius 1 is 1.11 bits per heavy atom. The van der Waals surface area contributed by atoms with Crippen molar-refractivity contribution in [3.05, 3.63) is 11.6 Å². The fraction of sp³-hybridized carbons (Fsp3) is 0.462. The molecule has 92 valence electrons. The van der Waals surface area contributed by atoms with Crippen LogP contribution in [-0.4, -0.2) is 11.9 Å². The summed E-state index contributed by atoms with van der Waals surface area (Å²) in [6, 6.07) is 7.16. The predicted octanol–water partition coefficient (Wildman–Crippen LogP) is 0.662. The molecule has 1 aliphatic carbocycles. The zero-order chi connectivity index (χ0) is 14.1. The second-order valence-electron chi connectivity index (χ2n) is 4.74. The highest BCUT2D eigenvalue weighted by atomic mass is 16.2. The summed E-state index contributed by atoms with van der Waals surface area (Å²) in [5.74, 6) is -0.0807. The van der Waals surface area contributed by atoms with Crippen molar-refractivity contribution in [3.63, 3.8) is 0 Å². The van der Waals surface area contributed by atoms with E-state index in [-0.39, 0.29) is 24.8 Å². The Morgan fingerprint density at radius 2 is 1.63 bits per heavy atom. The van der Waals surface area contributed by atoms with Gasteiger partial charge in [-0.25, -0.2) is 0 Å². The average molecular weight is 251 g/mol. The number of carbonyl (C=O) groups is 1. The maximum absolute atomic E-state index is 10.9. The van der Waals surface area contributed by atoms with E-state index in [9.17, 15) is 25.8 Å². The fourth-order valence-corrected chi connectivity index (χ4v) is 2.44. The van der Waals surface area contributed by atoms with Crippen molar-refractivity contribution in [3.8, 4) is 24.3 Å². The van der Waals surface area contributed by atoms with E-state index in [1.165, 1.54) is 0 Å². The normalized spacial score (nSPS) is 26.2. The molecule has 1 heterocycles. The van der Waals surface area contributed by atoms with Crippen LogP contribution < -0.4 is 5.32 Å². The molecule has 1 aliphatic heterocycles. The number of rotatable bonds is 1. The van der Waals surface area contributed by atoms with E-state index < -0.39 is 10.8 Å². The van der Waals surface area contributed by atoms with Crippen LogP contribution in [-0.2, 0) is 4.79 Å². The second kappa shape index (κ2) is 4.13. The van der Waals surface area contributed by atoms with E-state index >= 15 is 0 Å². The second-order valence-corrected chi connectivity index (χ2v) is 4.74. The molecule has 0 aromatic rings. The lowest BCUT2D eigenvalue weighted by Crippen LogP contribution is -2.52. The largest absolute Gasteiger partial charge is 0.349 e. The Morgan fingerprint density at radius 3 is 2.05 bits per heavy atom. The minimum atomic E-state index is -1.68. The lowest BCUT2D eigenvalue weighted by atomic mass is 9.58. The van der Waals surface area contributed by atoms with Crippen LogP contribution in [0.25, 0.3) is 0 Å². The van der Waals surface area contributed by atoms with Gasteiger partial charge in [0.1, 0.15) is 0 Å². The lowest BCUT2D eigenvalue weighted by Gasteiger charge is -2.39. The summed E-state index contributed by atoms with van der Waals surface area (Å²) in [6.07, 6.45) is 2.07. The number of nitrogens with one attached hydrogen (secondary N) is 1. The number of amides is 1. The minimum absolute atomic E-state index is 0.0199. The number of carbonyl (C=O) groups excluding carboxylic acids is 1. The number of β-lactam (4-membered cyclic amide) rings is 1. The molecule has 0 radical (unpaired) electrons. The summed E-state index contributed by atoms with van der Waals surface area (Å²) in [5.41, 5.74) is -2.57. The van der Waals surface area contributed by atoms with Gasteiger partial charge in [0.25, 0.3) is 0 Å². The molecule has 1 fully saturated rings. The van der Waals surface area contributed by atoms with Gasteiger partial charge in [-0.1, -0.05) is 6.08 Å². The van der Waals surface area contributed by atoms with Crippen LogP contribution in [0.5, 0.6) is 0 Å². The van der Waals surface area contributed by atoms with Crippen molar-refractivity contribution in [2.45, 2.75) is 25.3 Å². The summed E-state index contributed by atoms with van der Waals surface area (Å²) in [7, 11) is 0. The van der Waals surface area contributed by atoms with Gasteiger partial charge in [0.05, 0.1) is 36.7 Å². The number of nitrogens with zero attached hydrogens (tertiary/aromatic N) is 4. The van der Waals surface area contributed by atoms with Crippen LogP contribution in [0.1, 0.15) is 19.3 Å². The first-order valence-electron chi connectivity index (χ1n) is 5.70. The highest BCUT2D eigenvalue weighted by molar-refractivity contribution is 5.84. The van der Waals surface area contributed by atoms with E-state index in [0.29, 0.717) is 6.42 Å². The Kier molecular flexibility index (Phi) is 2.74. The van der Waals surface area contributed by atoms with Gasteiger partial charge in [-0.3, -0.25) is 4.79 Å². The van der Waals surface area contributed by atoms with E-state index in [0.717, 1.165) is 5.57 Å². The molecule has 0 spiro atoms. The molecule has 1 N–H and O–H groups in total. The topological polar surface area (TPSA) is 124 Å². The molecular formula is C13H9N5O. The summed E-state index contributed by atoms with van der Waals surface area (Å²) in [5, 5.41) is 39.7. The van der Waals surface area contributed by atoms with Crippen LogP contribution in [0, 0.1) is 56.2 Å². The zero-order valence-corrected chi connectivity index (χ0v) is 9.97. The van der Waals surface area contributed by atoms with Gasteiger partial charge in [-0.2, -0.15) is 21.0 Å². The fourth-order valence-electron chi connectivity index (χ4n) is 2.44. The predicted molar refractivity (Wildman–Crippen MR) is 61.2 cm³/mol. The molecule has 2 rings (SSSR count). The Balaban J connectivity index is 2.41. The van der Waals surface area contributed by atoms with E-state index in [2.05, 4.69) is 5.32 Å². The number of hydrogen-bond acceptors (Lipinski definition) is 5. The van der Waals surface area contributed by atoms with Crippen LogP contribution >= 0.6 is 0 Å². The third kappa shape index (κ3) is 1.55. The molecule has 1 saturated heterocycles. The summed E-state index contributed by atoms with van der Waals surface area (Å²) < 4.78 is 0. The molecule has 0 aromatic carbocycles. The Hall–Kier alpha value is -2.83. The van der Waals surface area contributed by atoms with Crippen molar-refractivity contribution < 1.29 is 4.79 Å². The highest BCUT2D eigenvalue weighted by Gasteiger charge is 2.57. The van der Waals surface area contributed by atoms with Gasteiger partial charge in [-0.05, 0) is 5.57 Å². The maximum Gasteiger partial charge on any atom is 0.222 e. The van der Waals surface area contributed by atoms with Gasteiger partial charge in [-0.15, -0.1) is 0 Å². The molecule has 6 heteroatoms. The first kappa shape index (κ1) is 12.6. The summed E-state index contributed by atoms with van der Waals surface area (Å²) in [6.45, 7) is 0. The molecule has 6 nitrogen and oxygen atoms in total. The van der Waals surface area contributed by atoms with Gasteiger partial charge < -0.3 is 5.32 Å². The van der Waals surface area contributed by atoms with Gasteiger partial charge >= 0.3 is 0 Å². The van der Waals surface area contributed by atoms with Crippen LogP contribution in [0.3, 0.4) is 0 Å². The molecule has 1 atom stereocenters. The van der Waals surface area contributed by atoms with E-state index in [1.54, 1.807) is 6.08 Å². The van der Waals surface area contributed by atoms with E-state index in [4.69, 9.17) is 0 Å². The lowest BCUT2D eigenvalue weighted by molar-refractivity contribution is -0.127.